The standard InChI is InChI=1S/C9H21N3O4S.ClH/c1-9(2,7-10)11-17(14,15)12(3)6-5-8(13)16-4;/h11H,5-7,10H2,1-4H3;1H. The molecule has 0 aliphatic heterocycles. The van der Waals surface area contributed by atoms with E-state index in [1.807, 2.05) is 0 Å². The molecule has 0 radical (unpaired) electrons. The summed E-state index contributed by atoms with van der Waals surface area (Å²) < 4.78 is 31.6. The van der Waals surface area contributed by atoms with Crippen molar-refractivity contribution in [3.63, 3.8) is 0 Å². The average Bonchev–Trinajstić information content (AvgIpc) is 2.23. The Hall–Kier alpha value is -0.410. The van der Waals surface area contributed by atoms with Crippen molar-refractivity contribution in [2.24, 2.45) is 5.73 Å². The predicted octanol–water partition coefficient (Wildman–Crippen LogP) is -0.525. The van der Waals surface area contributed by atoms with Gasteiger partial charge in [-0.05, 0) is 13.8 Å². The fraction of sp³-hybridized carbons (Fsp3) is 0.889. The first-order chi connectivity index (χ1) is 7.64. The summed E-state index contributed by atoms with van der Waals surface area (Å²) in [5, 5.41) is 0. The maximum Gasteiger partial charge on any atom is 0.306 e. The molecule has 0 bridgehead atoms. The zero-order valence-corrected chi connectivity index (χ0v) is 12.7. The van der Waals surface area contributed by atoms with Gasteiger partial charge in [0.05, 0.1) is 13.5 Å². The predicted molar refractivity (Wildman–Crippen MR) is 71.7 cm³/mol. The summed E-state index contributed by atoms with van der Waals surface area (Å²) >= 11 is 0. The molecule has 7 nitrogen and oxygen atoms in total. The van der Waals surface area contributed by atoms with E-state index in [0.717, 1.165) is 4.31 Å². The number of nitrogens with zero attached hydrogens (tertiary/aromatic N) is 1. The van der Waals surface area contributed by atoms with E-state index in [-0.39, 0.29) is 31.9 Å². The molecule has 0 heterocycles. The van der Waals surface area contributed by atoms with E-state index in [0.29, 0.717) is 0 Å². The Morgan fingerprint density at radius 2 is 1.94 bits per heavy atom. The summed E-state index contributed by atoms with van der Waals surface area (Å²) in [5.41, 5.74) is 4.71. The first-order valence-corrected chi connectivity index (χ1v) is 6.61. The molecule has 0 fully saturated rings. The minimum atomic E-state index is -3.64. The number of nitrogens with two attached hydrogens (primary N) is 1. The van der Waals surface area contributed by atoms with Crippen LogP contribution in [-0.2, 0) is 19.7 Å². The van der Waals surface area contributed by atoms with E-state index in [1.54, 1.807) is 13.8 Å². The Morgan fingerprint density at radius 1 is 1.44 bits per heavy atom. The van der Waals surface area contributed by atoms with Gasteiger partial charge in [-0.2, -0.15) is 17.4 Å². The Bertz CT molecular complexity index is 359. The number of ether oxygens (including phenoxy) is 1. The van der Waals surface area contributed by atoms with E-state index >= 15 is 0 Å². The van der Waals surface area contributed by atoms with Gasteiger partial charge in [0.1, 0.15) is 0 Å². The summed E-state index contributed by atoms with van der Waals surface area (Å²) in [6, 6.07) is 0. The second-order valence-corrected chi connectivity index (χ2v) is 6.12. The van der Waals surface area contributed by atoms with Crippen molar-refractivity contribution in [2.45, 2.75) is 25.8 Å². The maximum atomic E-state index is 11.8. The molecule has 0 saturated heterocycles. The van der Waals surface area contributed by atoms with Gasteiger partial charge in [-0.1, -0.05) is 0 Å². The minimum Gasteiger partial charge on any atom is -0.469 e. The molecular weight excluding hydrogens is 282 g/mol. The molecule has 110 valence electrons. The van der Waals surface area contributed by atoms with Crippen molar-refractivity contribution in [2.75, 3.05) is 27.2 Å². The normalized spacial score (nSPS) is 12.1. The van der Waals surface area contributed by atoms with Gasteiger partial charge in [0.2, 0.25) is 0 Å². The third-order valence-corrected chi connectivity index (χ3v) is 4.00. The van der Waals surface area contributed by atoms with E-state index in [1.165, 1.54) is 14.2 Å². The lowest BCUT2D eigenvalue weighted by Crippen LogP contribution is -2.53. The fourth-order valence-electron chi connectivity index (χ4n) is 0.940. The molecule has 0 saturated carbocycles. The van der Waals surface area contributed by atoms with E-state index in [2.05, 4.69) is 9.46 Å². The molecule has 0 aliphatic carbocycles. The molecule has 0 aromatic carbocycles. The molecular formula is C9H22ClN3O4S. The topological polar surface area (TPSA) is 102 Å². The zero-order valence-electron chi connectivity index (χ0n) is 11.1. The van der Waals surface area contributed by atoms with Crippen LogP contribution in [0.1, 0.15) is 20.3 Å². The lowest BCUT2D eigenvalue weighted by atomic mass is 10.1. The molecule has 0 aromatic heterocycles. The summed E-state index contributed by atoms with van der Waals surface area (Å²) in [6.45, 7) is 3.59. The van der Waals surface area contributed by atoms with Crippen molar-refractivity contribution in [3.05, 3.63) is 0 Å². The molecule has 0 unspecified atom stereocenters. The van der Waals surface area contributed by atoms with Gasteiger partial charge in [-0.3, -0.25) is 4.79 Å². The first-order valence-electron chi connectivity index (χ1n) is 5.17. The van der Waals surface area contributed by atoms with Gasteiger partial charge in [-0.15, -0.1) is 12.4 Å². The number of nitrogens with one attached hydrogen (secondary N) is 1. The third kappa shape index (κ3) is 7.12. The highest BCUT2D eigenvalue weighted by Crippen LogP contribution is 2.05. The van der Waals surface area contributed by atoms with E-state index in [4.69, 9.17) is 5.73 Å². The number of esters is 1. The van der Waals surface area contributed by atoms with E-state index < -0.39 is 21.7 Å². The number of carbonyl (C=O) groups excluding carboxylic acids is 1. The third-order valence-electron chi connectivity index (χ3n) is 2.18. The van der Waals surface area contributed by atoms with Gasteiger partial charge in [0.15, 0.2) is 0 Å². The highest BCUT2D eigenvalue weighted by Gasteiger charge is 2.26. The zero-order chi connectivity index (χ0) is 13.7. The van der Waals surface area contributed by atoms with Crippen molar-refractivity contribution in [3.8, 4) is 0 Å². The second kappa shape index (κ2) is 7.90. The minimum absolute atomic E-state index is 0. The van der Waals surface area contributed by atoms with Crippen LogP contribution >= 0.6 is 12.4 Å². The Balaban J connectivity index is 0. The molecule has 0 rings (SSSR count). The summed E-state index contributed by atoms with van der Waals surface area (Å²) in [5.74, 6) is -0.454. The summed E-state index contributed by atoms with van der Waals surface area (Å²) in [4.78, 5) is 10.9. The Kier molecular flexibility index (Phi) is 8.74. The number of rotatable bonds is 7. The number of hydrogen-bond donors (Lipinski definition) is 2. The van der Waals surface area contributed by atoms with Crippen LogP contribution in [-0.4, -0.2) is 51.5 Å². The van der Waals surface area contributed by atoms with Crippen LogP contribution in [0.3, 0.4) is 0 Å². The van der Waals surface area contributed by atoms with Gasteiger partial charge in [-0.25, -0.2) is 0 Å². The van der Waals surface area contributed by atoms with Crippen LogP contribution in [0, 0.1) is 0 Å². The SMILES string of the molecule is COC(=O)CCN(C)S(=O)(=O)NC(C)(C)CN.Cl. The van der Waals surface area contributed by atoms with Crippen molar-refractivity contribution in [1.82, 2.24) is 9.03 Å². The molecule has 0 atom stereocenters. The summed E-state index contributed by atoms with van der Waals surface area (Å²) in [6.07, 6.45) is 0.0109. The van der Waals surface area contributed by atoms with Crippen LogP contribution in [0.4, 0.5) is 0 Å². The Morgan fingerprint density at radius 3 is 2.33 bits per heavy atom. The average molecular weight is 304 g/mol. The molecule has 0 spiro atoms. The van der Waals surface area contributed by atoms with Gasteiger partial charge >= 0.3 is 5.97 Å². The summed E-state index contributed by atoms with van der Waals surface area (Å²) in [7, 11) is -0.995. The number of carbonyl (C=O) groups is 1. The van der Waals surface area contributed by atoms with Gasteiger partial charge in [0.25, 0.3) is 10.2 Å². The highest BCUT2D eigenvalue weighted by atomic mass is 35.5. The monoisotopic (exact) mass is 303 g/mol. The van der Waals surface area contributed by atoms with E-state index in [9.17, 15) is 13.2 Å². The molecule has 0 aromatic rings. The largest absolute Gasteiger partial charge is 0.469 e. The van der Waals surface area contributed by atoms with Crippen molar-refractivity contribution < 1.29 is 17.9 Å². The molecule has 9 heteroatoms. The van der Waals surface area contributed by atoms with Crippen molar-refractivity contribution >= 4 is 28.6 Å². The quantitative estimate of drug-likeness (QED) is 0.616. The number of halogens is 1. The van der Waals surface area contributed by atoms with Crippen LogP contribution in [0.25, 0.3) is 0 Å². The number of methoxy groups -OCH3 is 1. The van der Waals surface area contributed by atoms with Crippen LogP contribution < -0.4 is 10.5 Å². The Labute approximate surface area is 115 Å². The van der Waals surface area contributed by atoms with Crippen LogP contribution in [0.5, 0.6) is 0 Å². The highest BCUT2D eigenvalue weighted by molar-refractivity contribution is 7.87. The van der Waals surface area contributed by atoms with Gasteiger partial charge < -0.3 is 10.5 Å². The smallest absolute Gasteiger partial charge is 0.306 e. The van der Waals surface area contributed by atoms with Gasteiger partial charge in [0, 0.05) is 25.7 Å². The van der Waals surface area contributed by atoms with Crippen LogP contribution in [0.15, 0.2) is 0 Å². The first kappa shape index (κ1) is 19.9. The lowest BCUT2D eigenvalue weighted by Gasteiger charge is -2.27. The molecule has 0 amide bonds. The van der Waals surface area contributed by atoms with Crippen LogP contribution in [0.2, 0.25) is 0 Å². The number of hydrogen-bond acceptors (Lipinski definition) is 5. The molecule has 3 N–H and O–H groups in total. The fourth-order valence-corrected chi connectivity index (χ4v) is 2.21. The molecule has 0 aliphatic rings. The van der Waals surface area contributed by atoms with Crippen molar-refractivity contribution in [1.29, 1.82) is 0 Å². The molecule has 18 heavy (non-hydrogen) atoms. The second-order valence-electron chi connectivity index (χ2n) is 4.34. The maximum absolute atomic E-state index is 11.8. The lowest BCUT2D eigenvalue weighted by molar-refractivity contribution is -0.140.